The van der Waals surface area contributed by atoms with Crippen molar-refractivity contribution in [1.82, 2.24) is 4.98 Å². The van der Waals surface area contributed by atoms with Crippen molar-refractivity contribution in [2.75, 3.05) is 0 Å². The van der Waals surface area contributed by atoms with Crippen molar-refractivity contribution in [2.45, 2.75) is 39.8 Å². The molecule has 1 aromatic heterocycles. The first kappa shape index (κ1) is 14.5. The molecule has 0 aliphatic carbocycles. The molecule has 20 heavy (non-hydrogen) atoms. The zero-order chi connectivity index (χ0) is 14.7. The van der Waals surface area contributed by atoms with Crippen molar-refractivity contribution in [3.05, 3.63) is 58.9 Å². The minimum atomic E-state index is -0.205. The van der Waals surface area contributed by atoms with Gasteiger partial charge in [-0.1, -0.05) is 18.2 Å². The molecule has 0 bridgehead atoms. The van der Waals surface area contributed by atoms with Gasteiger partial charge in [0.15, 0.2) is 0 Å². The molecule has 1 atom stereocenters. The van der Waals surface area contributed by atoms with E-state index in [0.29, 0.717) is 0 Å². The van der Waals surface area contributed by atoms with Gasteiger partial charge in [-0.25, -0.2) is 0 Å². The van der Waals surface area contributed by atoms with E-state index < -0.39 is 0 Å². The van der Waals surface area contributed by atoms with Gasteiger partial charge in [-0.3, -0.25) is 4.98 Å². The van der Waals surface area contributed by atoms with Crippen molar-refractivity contribution in [1.29, 1.82) is 0 Å². The first-order chi connectivity index (χ1) is 9.47. The lowest BCUT2D eigenvalue weighted by molar-refractivity contribution is 0.242. The molecule has 1 unspecified atom stereocenters. The van der Waals surface area contributed by atoms with Crippen molar-refractivity contribution in [3.63, 3.8) is 0 Å². The van der Waals surface area contributed by atoms with E-state index in [1.54, 1.807) is 0 Å². The van der Waals surface area contributed by atoms with Gasteiger partial charge in [0.2, 0.25) is 0 Å². The second kappa shape index (κ2) is 6.06. The van der Waals surface area contributed by atoms with E-state index in [2.05, 4.69) is 11.1 Å². The maximum atomic E-state index is 6.32. The molecule has 2 N–H and O–H groups in total. The molecule has 0 amide bonds. The van der Waals surface area contributed by atoms with Gasteiger partial charge in [0.1, 0.15) is 5.75 Å². The second-order valence-electron chi connectivity index (χ2n) is 5.43. The van der Waals surface area contributed by atoms with Gasteiger partial charge in [-0.2, -0.15) is 0 Å². The molecule has 3 nitrogen and oxygen atoms in total. The lowest BCUT2D eigenvalue weighted by atomic mass is 10.00. The number of rotatable bonds is 4. The van der Waals surface area contributed by atoms with Crippen LogP contribution in [0.4, 0.5) is 0 Å². The van der Waals surface area contributed by atoms with Gasteiger partial charge >= 0.3 is 0 Å². The van der Waals surface area contributed by atoms with Crippen LogP contribution in [0.15, 0.2) is 36.5 Å². The number of nitrogens with two attached hydrogens (primary N) is 1. The van der Waals surface area contributed by atoms with Crippen LogP contribution in [-0.4, -0.2) is 11.1 Å². The Kier molecular flexibility index (Phi) is 4.40. The summed E-state index contributed by atoms with van der Waals surface area (Å²) in [6, 6.07) is 9.83. The van der Waals surface area contributed by atoms with Crippen molar-refractivity contribution in [3.8, 4) is 5.75 Å². The summed E-state index contributed by atoms with van der Waals surface area (Å²) < 4.78 is 5.64. The third-order valence-corrected chi connectivity index (χ3v) is 3.16. The largest absolute Gasteiger partial charge is 0.491 e. The Morgan fingerprint density at radius 3 is 2.30 bits per heavy atom. The van der Waals surface area contributed by atoms with E-state index in [1.807, 2.05) is 58.2 Å². The zero-order valence-corrected chi connectivity index (χ0v) is 12.6. The number of nitrogens with zero attached hydrogens (tertiary/aromatic N) is 1. The standard InChI is InChI=1S/C17H22N2O/c1-11(2)20-15-7-5-14(6-8-15)16(18)17-13(4)9-12(3)10-19-17/h5-11,16H,18H2,1-4H3. The highest BCUT2D eigenvalue weighted by Crippen LogP contribution is 2.23. The molecule has 0 spiro atoms. The van der Waals surface area contributed by atoms with E-state index in [-0.39, 0.29) is 12.1 Å². The number of aromatic nitrogens is 1. The minimum absolute atomic E-state index is 0.176. The molecule has 2 rings (SSSR count). The summed E-state index contributed by atoms with van der Waals surface area (Å²) in [6.07, 6.45) is 2.04. The smallest absolute Gasteiger partial charge is 0.119 e. The van der Waals surface area contributed by atoms with E-state index in [0.717, 1.165) is 28.1 Å². The molecule has 0 saturated heterocycles. The van der Waals surface area contributed by atoms with Gasteiger partial charge < -0.3 is 10.5 Å². The van der Waals surface area contributed by atoms with E-state index >= 15 is 0 Å². The van der Waals surface area contributed by atoms with Crippen LogP contribution in [0, 0.1) is 13.8 Å². The highest BCUT2D eigenvalue weighted by atomic mass is 16.5. The summed E-state index contributed by atoms with van der Waals surface area (Å²) in [7, 11) is 0. The second-order valence-corrected chi connectivity index (χ2v) is 5.43. The van der Waals surface area contributed by atoms with Crippen LogP contribution in [0.25, 0.3) is 0 Å². The topological polar surface area (TPSA) is 48.1 Å². The fourth-order valence-corrected chi connectivity index (χ4v) is 2.24. The Labute approximate surface area is 120 Å². The summed E-state index contributed by atoms with van der Waals surface area (Å²) in [5.41, 5.74) is 10.6. The van der Waals surface area contributed by atoms with E-state index in [9.17, 15) is 0 Å². The first-order valence-electron chi connectivity index (χ1n) is 6.92. The van der Waals surface area contributed by atoms with Crippen molar-refractivity contribution in [2.24, 2.45) is 5.73 Å². The first-order valence-corrected chi connectivity index (χ1v) is 6.92. The van der Waals surface area contributed by atoms with Gasteiger partial charge in [0, 0.05) is 6.20 Å². The molecule has 2 aromatic rings. The highest BCUT2D eigenvalue weighted by Gasteiger charge is 2.13. The maximum absolute atomic E-state index is 6.32. The van der Waals surface area contributed by atoms with Gasteiger partial charge in [-0.05, 0) is 56.5 Å². The molecule has 1 aromatic carbocycles. The number of aryl methyl sites for hydroxylation is 2. The van der Waals surface area contributed by atoms with Crippen LogP contribution < -0.4 is 10.5 Å². The predicted octanol–water partition coefficient (Wildman–Crippen LogP) is 3.53. The molecular formula is C17H22N2O. The van der Waals surface area contributed by atoms with E-state index in [1.165, 1.54) is 0 Å². The molecule has 0 aliphatic rings. The van der Waals surface area contributed by atoms with Crippen molar-refractivity contribution >= 4 is 0 Å². The lowest BCUT2D eigenvalue weighted by Crippen LogP contribution is -2.15. The number of hydrogen-bond acceptors (Lipinski definition) is 3. The number of hydrogen-bond donors (Lipinski definition) is 1. The van der Waals surface area contributed by atoms with Crippen molar-refractivity contribution < 1.29 is 4.74 Å². The van der Waals surface area contributed by atoms with Gasteiger partial charge in [0.25, 0.3) is 0 Å². The minimum Gasteiger partial charge on any atom is -0.491 e. The van der Waals surface area contributed by atoms with Crippen LogP contribution in [0.2, 0.25) is 0 Å². The monoisotopic (exact) mass is 270 g/mol. The maximum Gasteiger partial charge on any atom is 0.119 e. The SMILES string of the molecule is Cc1cnc(C(N)c2ccc(OC(C)C)cc2)c(C)c1. The zero-order valence-electron chi connectivity index (χ0n) is 12.6. The lowest BCUT2D eigenvalue weighted by Gasteiger charge is -2.16. The Balaban J connectivity index is 2.22. The van der Waals surface area contributed by atoms with E-state index in [4.69, 9.17) is 10.5 Å². The normalized spacial score (nSPS) is 12.5. The molecule has 1 heterocycles. The third-order valence-electron chi connectivity index (χ3n) is 3.16. The molecular weight excluding hydrogens is 248 g/mol. The third kappa shape index (κ3) is 3.36. The predicted molar refractivity (Wildman–Crippen MR) is 81.9 cm³/mol. The fourth-order valence-electron chi connectivity index (χ4n) is 2.24. The quantitative estimate of drug-likeness (QED) is 0.924. The fraction of sp³-hybridized carbons (Fsp3) is 0.353. The van der Waals surface area contributed by atoms with Crippen LogP contribution in [0.5, 0.6) is 5.75 Å². The molecule has 0 saturated carbocycles. The summed E-state index contributed by atoms with van der Waals surface area (Å²) in [4.78, 5) is 4.47. The molecule has 3 heteroatoms. The van der Waals surface area contributed by atoms with Crippen LogP contribution >= 0.6 is 0 Å². The average Bonchev–Trinajstić information content (AvgIpc) is 2.38. The number of benzene rings is 1. The Bertz CT molecular complexity index is 576. The number of ether oxygens (including phenoxy) is 1. The Morgan fingerprint density at radius 2 is 1.75 bits per heavy atom. The van der Waals surface area contributed by atoms with Crippen LogP contribution in [0.3, 0.4) is 0 Å². The molecule has 0 fully saturated rings. The Hall–Kier alpha value is -1.87. The summed E-state index contributed by atoms with van der Waals surface area (Å²) in [5, 5.41) is 0. The molecule has 106 valence electrons. The number of pyridine rings is 1. The summed E-state index contributed by atoms with van der Waals surface area (Å²) >= 11 is 0. The summed E-state index contributed by atoms with van der Waals surface area (Å²) in [6.45, 7) is 8.11. The van der Waals surface area contributed by atoms with Gasteiger partial charge in [0.05, 0.1) is 17.8 Å². The highest BCUT2D eigenvalue weighted by molar-refractivity contribution is 5.36. The Morgan fingerprint density at radius 1 is 1.10 bits per heavy atom. The van der Waals surface area contributed by atoms with Crippen LogP contribution in [-0.2, 0) is 0 Å². The summed E-state index contributed by atoms with van der Waals surface area (Å²) in [5.74, 6) is 0.865. The molecule has 0 aliphatic heterocycles. The average molecular weight is 270 g/mol. The van der Waals surface area contributed by atoms with Crippen LogP contribution in [0.1, 0.15) is 42.3 Å². The van der Waals surface area contributed by atoms with Gasteiger partial charge in [-0.15, -0.1) is 0 Å². The molecule has 0 radical (unpaired) electrons.